The zero-order valence-electron chi connectivity index (χ0n) is 20.5. The molecule has 1 aliphatic carbocycles. The molecule has 2 heterocycles. The molecule has 0 radical (unpaired) electrons. The smallest absolute Gasteiger partial charge is 0.435 e. The molecule has 0 saturated heterocycles. The van der Waals surface area contributed by atoms with Gasteiger partial charge in [0.05, 0.1) is 19.1 Å². The van der Waals surface area contributed by atoms with Crippen molar-refractivity contribution in [3.63, 3.8) is 0 Å². The zero-order chi connectivity index (χ0) is 27.5. The highest BCUT2D eigenvalue weighted by Gasteiger charge is 2.39. The van der Waals surface area contributed by atoms with Gasteiger partial charge in [-0.25, -0.2) is 8.42 Å². The maximum absolute atomic E-state index is 13.5. The number of fused-ring (bicyclic) bond motifs is 1. The summed E-state index contributed by atoms with van der Waals surface area (Å²) in [5.41, 5.74) is -0.101. The highest BCUT2D eigenvalue weighted by molar-refractivity contribution is 7.92. The Hall–Kier alpha value is -3.88. The number of alkyl halides is 3. The second-order valence-corrected chi connectivity index (χ2v) is 10.1. The molecule has 2 N–H and O–H groups in total. The van der Waals surface area contributed by atoms with E-state index in [4.69, 9.17) is 9.47 Å². The van der Waals surface area contributed by atoms with Crippen LogP contribution in [0.5, 0.6) is 11.9 Å². The normalized spacial score (nSPS) is 13.8. The van der Waals surface area contributed by atoms with Crippen LogP contribution in [-0.2, 0) is 40.4 Å². The third kappa shape index (κ3) is 6.15. The van der Waals surface area contributed by atoms with E-state index < -0.39 is 34.3 Å². The summed E-state index contributed by atoms with van der Waals surface area (Å²) >= 11 is 0. The van der Waals surface area contributed by atoms with Crippen molar-refractivity contribution < 1.29 is 35.9 Å². The lowest BCUT2D eigenvalue weighted by Crippen LogP contribution is -2.21. The number of halogens is 3. The van der Waals surface area contributed by atoms with Gasteiger partial charge in [-0.2, -0.15) is 28.2 Å². The molecule has 0 aliphatic heterocycles. The minimum absolute atomic E-state index is 0.0809. The fourth-order valence-electron chi connectivity index (χ4n) is 4.11. The molecular formula is C23H25F3N6O5S. The topological polar surface area (TPSA) is 137 Å². The Morgan fingerprint density at radius 2 is 1.76 bits per heavy atom. The molecule has 1 aliphatic rings. The van der Waals surface area contributed by atoms with Gasteiger partial charge >= 0.3 is 12.2 Å². The number of nitrogens with zero attached hydrogens (tertiary/aromatic N) is 4. The van der Waals surface area contributed by atoms with Crippen molar-refractivity contribution in [3.05, 3.63) is 47.3 Å². The van der Waals surface area contributed by atoms with Gasteiger partial charge in [-0.05, 0) is 49.9 Å². The lowest BCUT2D eigenvalue weighted by molar-refractivity contribution is -0.142. The molecule has 0 spiro atoms. The van der Waals surface area contributed by atoms with Gasteiger partial charge in [0.25, 0.3) is 10.0 Å². The molecule has 38 heavy (non-hydrogen) atoms. The molecule has 0 unspecified atom stereocenters. The summed E-state index contributed by atoms with van der Waals surface area (Å²) in [4.78, 5) is 20.3. The molecule has 2 aromatic heterocycles. The number of amides is 1. The summed E-state index contributed by atoms with van der Waals surface area (Å²) < 4.78 is 79.4. The van der Waals surface area contributed by atoms with Gasteiger partial charge in [-0.1, -0.05) is 6.42 Å². The van der Waals surface area contributed by atoms with E-state index in [-0.39, 0.29) is 40.3 Å². The highest BCUT2D eigenvalue weighted by Crippen LogP contribution is 2.35. The summed E-state index contributed by atoms with van der Waals surface area (Å²) in [6, 6.07) is 6.41. The van der Waals surface area contributed by atoms with E-state index in [1.165, 1.54) is 44.6 Å². The van der Waals surface area contributed by atoms with Crippen LogP contribution in [0, 0.1) is 0 Å². The molecule has 4 rings (SSSR count). The summed E-state index contributed by atoms with van der Waals surface area (Å²) in [6.45, 7) is -0.405. The number of sulfonamides is 1. The van der Waals surface area contributed by atoms with E-state index in [0.29, 0.717) is 18.5 Å². The molecule has 0 bridgehead atoms. The average Bonchev–Trinajstić information content (AvgIpc) is 3.04. The molecular weight excluding hydrogens is 529 g/mol. The number of hydrogen-bond acceptors (Lipinski definition) is 8. The Morgan fingerprint density at radius 1 is 1.05 bits per heavy atom. The second-order valence-electron chi connectivity index (χ2n) is 8.45. The Morgan fingerprint density at radius 3 is 2.42 bits per heavy atom. The van der Waals surface area contributed by atoms with E-state index in [1.807, 2.05) is 0 Å². The molecule has 0 saturated carbocycles. The van der Waals surface area contributed by atoms with Crippen molar-refractivity contribution in [1.29, 1.82) is 0 Å². The minimum atomic E-state index is -4.60. The van der Waals surface area contributed by atoms with Crippen LogP contribution in [0.1, 0.15) is 36.2 Å². The number of methoxy groups -OCH3 is 2. The van der Waals surface area contributed by atoms with Crippen LogP contribution in [0.25, 0.3) is 0 Å². The Bertz CT molecular complexity index is 1400. The first-order valence-corrected chi connectivity index (χ1v) is 13.0. The van der Waals surface area contributed by atoms with Crippen molar-refractivity contribution in [2.45, 2.75) is 49.7 Å². The summed E-state index contributed by atoms with van der Waals surface area (Å²) in [5, 5.41) is 6.28. The van der Waals surface area contributed by atoms with Crippen molar-refractivity contribution >= 4 is 27.4 Å². The Kier molecular flexibility index (Phi) is 7.76. The van der Waals surface area contributed by atoms with E-state index in [9.17, 15) is 26.4 Å². The third-order valence-corrected chi connectivity index (χ3v) is 7.20. The average molecular weight is 555 g/mol. The lowest BCUT2D eigenvalue weighted by Gasteiger charge is -2.11. The monoisotopic (exact) mass is 554 g/mol. The van der Waals surface area contributed by atoms with E-state index in [1.54, 1.807) is 0 Å². The molecule has 204 valence electrons. The number of benzene rings is 1. The number of carbonyl (C=O) groups is 1. The first-order valence-electron chi connectivity index (χ1n) is 11.6. The van der Waals surface area contributed by atoms with E-state index in [0.717, 1.165) is 17.5 Å². The largest absolute Gasteiger partial charge is 0.481 e. The highest BCUT2D eigenvalue weighted by atomic mass is 32.2. The summed E-state index contributed by atoms with van der Waals surface area (Å²) in [7, 11) is -1.40. The van der Waals surface area contributed by atoms with Gasteiger partial charge < -0.3 is 14.8 Å². The molecule has 0 atom stereocenters. The number of aromatic nitrogens is 4. The van der Waals surface area contributed by atoms with Crippen LogP contribution < -0.4 is 19.5 Å². The van der Waals surface area contributed by atoms with Crippen LogP contribution in [0.4, 0.5) is 24.7 Å². The number of carbonyl (C=O) groups excluding carboxylic acids is 1. The Labute approximate surface area is 216 Å². The number of anilines is 2. The SMILES string of the molecule is COc1cc(NS(=O)(=O)c2ccc(NC(=O)Cn3nc(C(F)(F)F)c4c3CCCCC4)cc2)nc(OC)n1. The molecule has 0 fully saturated rings. The fourth-order valence-corrected chi connectivity index (χ4v) is 5.10. The molecule has 15 heteroatoms. The van der Waals surface area contributed by atoms with Gasteiger partial charge in [0.2, 0.25) is 11.8 Å². The van der Waals surface area contributed by atoms with Crippen LogP contribution in [0.15, 0.2) is 35.2 Å². The van der Waals surface area contributed by atoms with Gasteiger partial charge in [-0.15, -0.1) is 0 Å². The molecule has 1 amide bonds. The standard InChI is InChI=1S/C23H25F3N6O5S/c1-36-20-12-18(28-22(29-20)37-2)31-38(34,35)15-10-8-14(9-11-15)27-19(33)13-32-17-7-5-3-4-6-16(17)21(30-32)23(24,25)26/h8-12H,3-7,13H2,1-2H3,(H,27,33)(H,28,29,31). The number of hydrogen-bond donors (Lipinski definition) is 2. The molecule has 3 aromatic rings. The lowest BCUT2D eigenvalue weighted by atomic mass is 10.1. The van der Waals surface area contributed by atoms with Gasteiger partial charge in [0, 0.05) is 23.0 Å². The summed E-state index contributed by atoms with van der Waals surface area (Å²) in [5.74, 6) is -0.589. The predicted octanol–water partition coefficient (Wildman–Crippen LogP) is 3.42. The van der Waals surface area contributed by atoms with Crippen LogP contribution in [0.2, 0.25) is 0 Å². The van der Waals surface area contributed by atoms with Crippen molar-refractivity contribution in [1.82, 2.24) is 19.7 Å². The maximum Gasteiger partial charge on any atom is 0.435 e. The zero-order valence-corrected chi connectivity index (χ0v) is 21.3. The molecule has 11 nitrogen and oxygen atoms in total. The van der Waals surface area contributed by atoms with E-state index >= 15 is 0 Å². The van der Waals surface area contributed by atoms with Gasteiger partial charge in [0.15, 0.2) is 11.5 Å². The van der Waals surface area contributed by atoms with Gasteiger partial charge in [0.1, 0.15) is 6.54 Å². The van der Waals surface area contributed by atoms with E-state index in [2.05, 4.69) is 25.1 Å². The van der Waals surface area contributed by atoms with Crippen molar-refractivity contribution in [2.75, 3.05) is 24.3 Å². The minimum Gasteiger partial charge on any atom is -0.481 e. The number of nitrogens with one attached hydrogen (secondary N) is 2. The predicted molar refractivity (Wildman–Crippen MR) is 130 cm³/mol. The first-order chi connectivity index (χ1) is 18.0. The van der Waals surface area contributed by atoms with Crippen LogP contribution in [-0.4, -0.2) is 48.3 Å². The maximum atomic E-state index is 13.5. The number of ether oxygens (including phenoxy) is 2. The molecule has 1 aromatic carbocycles. The Balaban J connectivity index is 1.46. The second kappa shape index (κ2) is 10.8. The fraction of sp³-hybridized carbons (Fsp3) is 0.391. The summed E-state index contributed by atoms with van der Waals surface area (Å²) in [6.07, 6.45) is -1.76. The quantitative estimate of drug-likeness (QED) is 0.404. The first kappa shape index (κ1) is 27.2. The van der Waals surface area contributed by atoms with Crippen molar-refractivity contribution in [2.24, 2.45) is 0 Å². The van der Waals surface area contributed by atoms with Crippen LogP contribution >= 0.6 is 0 Å². The number of rotatable bonds is 8. The van der Waals surface area contributed by atoms with Gasteiger partial charge in [-0.3, -0.25) is 14.2 Å². The third-order valence-electron chi connectivity index (χ3n) is 5.83. The van der Waals surface area contributed by atoms with Crippen molar-refractivity contribution in [3.8, 4) is 11.9 Å². The van der Waals surface area contributed by atoms with Crippen LogP contribution in [0.3, 0.4) is 0 Å².